The van der Waals surface area contributed by atoms with Crippen molar-refractivity contribution in [3.05, 3.63) is 35.4 Å². The first kappa shape index (κ1) is 7.84. The van der Waals surface area contributed by atoms with Gasteiger partial charge in [0.15, 0.2) is 0 Å². The molecule has 0 saturated carbocycles. The second-order valence-corrected chi connectivity index (χ2v) is 2.33. The Kier molecular flexibility index (Phi) is 2.71. The molecule has 0 fully saturated rings. The molecule has 1 nitrogen and oxygen atoms in total. The summed E-state index contributed by atoms with van der Waals surface area (Å²) in [6.07, 6.45) is 0. The number of benzene rings is 1. The van der Waals surface area contributed by atoms with Crippen LogP contribution in [0.25, 0.3) is 0 Å². The van der Waals surface area contributed by atoms with Crippen LogP contribution in [-0.4, -0.2) is 11.7 Å². The fraction of sp³-hybridized carbons (Fsp3) is 0.200. The lowest BCUT2D eigenvalue weighted by molar-refractivity contribution is 0.350. The second-order valence-electron chi connectivity index (χ2n) is 2.33. The topological polar surface area (TPSA) is 20.2 Å². The Hall–Kier alpha value is -1.26. The Morgan fingerprint density at radius 3 is 2.45 bits per heavy atom. The summed E-state index contributed by atoms with van der Waals surface area (Å²) in [7, 11) is 0. The molecule has 0 spiro atoms. The lowest BCUT2D eigenvalue weighted by Crippen LogP contribution is -1.76. The minimum absolute atomic E-state index is 0.0755. The van der Waals surface area contributed by atoms with E-state index in [1.165, 1.54) is 5.56 Å². The molecule has 0 aliphatic heterocycles. The van der Waals surface area contributed by atoms with Gasteiger partial charge in [0.2, 0.25) is 0 Å². The zero-order valence-corrected chi connectivity index (χ0v) is 6.46. The van der Waals surface area contributed by atoms with Crippen molar-refractivity contribution in [3.63, 3.8) is 0 Å². The van der Waals surface area contributed by atoms with Gasteiger partial charge in [0.1, 0.15) is 6.61 Å². The molecular weight excluding hydrogens is 136 g/mol. The van der Waals surface area contributed by atoms with E-state index in [9.17, 15) is 0 Å². The standard InChI is InChI=1S/C10H10O/c1-9-4-6-10(7-5-9)3-2-8-11/h4-7,11H,8H2,1H3. The average Bonchev–Trinajstić information content (AvgIpc) is 2.04. The molecule has 1 rings (SSSR count). The lowest BCUT2D eigenvalue weighted by Gasteiger charge is -1.90. The van der Waals surface area contributed by atoms with Crippen molar-refractivity contribution in [2.24, 2.45) is 0 Å². The van der Waals surface area contributed by atoms with Crippen molar-refractivity contribution in [1.82, 2.24) is 0 Å². The summed E-state index contributed by atoms with van der Waals surface area (Å²) < 4.78 is 0. The molecule has 56 valence electrons. The normalized spacial score (nSPS) is 8.55. The Morgan fingerprint density at radius 1 is 1.27 bits per heavy atom. The van der Waals surface area contributed by atoms with E-state index < -0.39 is 0 Å². The summed E-state index contributed by atoms with van der Waals surface area (Å²) in [4.78, 5) is 0. The molecule has 0 aromatic heterocycles. The summed E-state index contributed by atoms with van der Waals surface area (Å²) in [5, 5.41) is 8.41. The van der Waals surface area contributed by atoms with Gasteiger partial charge in [-0.25, -0.2) is 0 Å². The Bertz CT molecular complexity index is 274. The first-order valence-electron chi connectivity index (χ1n) is 3.49. The highest BCUT2D eigenvalue weighted by Crippen LogP contribution is 2.00. The van der Waals surface area contributed by atoms with Crippen molar-refractivity contribution in [2.75, 3.05) is 6.61 Å². The van der Waals surface area contributed by atoms with E-state index in [0.717, 1.165) is 5.56 Å². The van der Waals surface area contributed by atoms with Crippen molar-refractivity contribution in [2.45, 2.75) is 6.92 Å². The van der Waals surface area contributed by atoms with Crippen LogP contribution in [0.15, 0.2) is 24.3 Å². The monoisotopic (exact) mass is 146 g/mol. The summed E-state index contributed by atoms with van der Waals surface area (Å²) in [5.41, 5.74) is 2.17. The summed E-state index contributed by atoms with van der Waals surface area (Å²) in [6.45, 7) is 1.96. The van der Waals surface area contributed by atoms with Crippen LogP contribution in [0.5, 0.6) is 0 Å². The number of aliphatic hydroxyl groups excluding tert-OH is 1. The maximum atomic E-state index is 8.41. The van der Waals surface area contributed by atoms with E-state index in [1.54, 1.807) is 0 Å². The Labute approximate surface area is 66.7 Å². The molecule has 0 atom stereocenters. The van der Waals surface area contributed by atoms with Crippen molar-refractivity contribution < 1.29 is 5.11 Å². The van der Waals surface area contributed by atoms with Crippen molar-refractivity contribution in [3.8, 4) is 11.8 Å². The highest BCUT2D eigenvalue weighted by molar-refractivity contribution is 5.35. The first-order chi connectivity index (χ1) is 5.33. The molecule has 0 amide bonds. The summed E-state index contributed by atoms with van der Waals surface area (Å²) >= 11 is 0. The third-order valence-corrected chi connectivity index (χ3v) is 1.36. The van der Waals surface area contributed by atoms with Gasteiger partial charge in [-0.15, -0.1) is 0 Å². The van der Waals surface area contributed by atoms with Crippen molar-refractivity contribution in [1.29, 1.82) is 0 Å². The predicted molar refractivity (Wildman–Crippen MR) is 45.1 cm³/mol. The highest BCUT2D eigenvalue weighted by Gasteiger charge is 1.84. The number of aryl methyl sites for hydroxylation is 1. The van der Waals surface area contributed by atoms with Gasteiger partial charge in [0.05, 0.1) is 0 Å². The SMILES string of the molecule is Cc1ccc(C#CCO)cc1. The predicted octanol–water partition coefficient (Wildman–Crippen LogP) is 1.34. The molecule has 1 heteroatoms. The second kappa shape index (κ2) is 3.80. The average molecular weight is 146 g/mol. The Morgan fingerprint density at radius 2 is 1.91 bits per heavy atom. The van der Waals surface area contributed by atoms with Crippen LogP contribution in [0.4, 0.5) is 0 Å². The molecular formula is C10H10O. The van der Waals surface area contributed by atoms with Crippen LogP contribution in [0.3, 0.4) is 0 Å². The molecule has 0 heterocycles. The van der Waals surface area contributed by atoms with E-state index in [4.69, 9.17) is 5.11 Å². The molecule has 1 N–H and O–H groups in total. The number of hydrogen-bond donors (Lipinski definition) is 1. The van der Waals surface area contributed by atoms with E-state index in [0.29, 0.717) is 0 Å². The number of aliphatic hydroxyl groups is 1. The smallest absolute Gasteiger partial charge is 0.104 e. The lowest BCUT2D eigenvalue weighted by atomic mass is 10.2. The van der Waals surface area contributed by atoms with Crippen LogP contribution in [0.1, 0.15) is 11.1 Å². The fourth-order valence-electron chi connectivity index (χ4n) is 0.778. The molecule has 0 bridgehead atoms. The molecule has 1 aromatic carbocycles. The molecule has 0 radical (unpaired) electrons. The van der Waals surface area contributed by atoms with Crippen molar-refractivity contribution >= 4 is 0 Å². The summed E-state index contributed by atoms with van der Waals surface area (Å²) in [6, 6.07) is 7.89. The van der Waals surface area contributed by atoms with Crippen LogP contribution in [0.2, 0.25) is 0 Å². The van der Waals surface area contributed by atoms with E-state index in [-0.39, 0.29) is 6.61 Å². The third kappa shape index (κ3) is 2.45. The minimum Gasteiger partial charge on any atom is -0.384 e. The summed E-state index contributed by atoms with van der Waals surface area (Å²) in [5.74, 6) is 5.41. The molecule has 0 aliphatic rings. The van der Waals surface area contributed by atoms with Gasteiger partial charge in [-0.05, 0) is 19.1 Å². The Balaban J connectivity index is 2.82. The van der Waals surface area contributed by atoms with E-state index >= 15 is 0 Å². The molecule has 0 saturated heterocycles. The van der Waals surface area contributed by atoms with E-state index in [1.807, 2.05) is 31.2 Å². The molecule has 11 heavy (non-hydrogen) atoms. The van der Waals surface area contributed by atoms with Gasteiger partial charge in [0.25, 0.3) is 0 Å². The zero-order chi connectivity index (χ0) is 8.10. The van der Waals surface area contributed by atoms with Gasteiger partial charge in [0, 0.05) is 5.56 Å². The number of rotatable bonds is 0. The van der Waals surface area contributed by atoms with Gasteiger partial charge >= 0.3 is 0 Å². The molecule has 1 aromatic rings. The molecule has 0 aliphatic carbocycles. The van der Waals surface area contributed by atoms with Crippen LogP contribution in [0, 0.1) is 18.8 Å². The minimum atomic E-state index is -0.0755. The molecule has 0 unspecified atom stereocenters. The quantitative estimate of drug-likeness (QED) is 0.547. The third-order valence-electron chi connectivity index (χ3n) is 1.36. The largest absolute Gasteiger partial charge is 0.384 e. The van der Waals surface area contributed by atoms with Gasteiger partial charge in [-0.3, -0.25) is 0 Å². The fourth-order valence-corrected chi connectivity index (χ4v) is 0.778. The number of hydrogen-bond acceptors (Lipinski definition) is 1. The van der Waals surface area contributed by atoms with Gasteiger partial charge in [-0.1, -0.05) is 29.5 Å². The van der Waals surface area contributed by atoms with Crippen LogP contribution < -0.4 is 0 Å². The maximum Gasteiger partial charge on any atom is 0.104 e. The first-order valence-corrected chi connectivity index (χ1v) is 3.49. The van der Waals surface area contributed by atoms with Crippen LogP contribution in [-0.2, 0) is 0 Å². The zero-order valence-electron chi connectivity index (χ0n) is 6.46. The maximum absolute atomic E-state index is 8.41. The van der Waals surface area contributed by atoms with Gasteiger partial charge < -0.3 is 5.11 Å². The van der Waals surface area contributed by atoms with Gasteiger partial charge in [-0.2, -0.15) is 0 Å². The van der Waals surface area contributed by atoms with Crippen LogP contribution >= 0.6 is 0 Å². The highest BCUT2D eigenvalue weighted by atomic mass is 16.2. The van der Waals surface area contributed by atoms with E-state index in [2.05, 4.69) is 11.8 Å².